The fourth-order valence-corrected chi connectivity index (χ4v) is 2.77. The van der Waals surface area contributed by atoms with Gasteiger partial charge in [-0.25, -0.2) is 4.98 Å². The van der Waals surface area contributed by atoms with Gasteiger partial charge in [0.25, 0.3) is 5.89 Å². The molecule has 0 aliphatic carbocycles. The van der Waals surface area contributed by atoms with Gasteiger partial charge in [-0.1, -0.05) is 58.7 Å². The molecule has 0 atom stereocenters. The molecular formula is C22H20N4O. The van der Waals surface area contributed by atoms with Crippen molar-refractivity contribution in [3.63, 3.8) is 0 Å². The highest BCUT2D eigenvalue weighted by atomic mass is 16.5. The molecule has 5 heteroatoms. The minimum atomic E-state index is 0.462. The first kappa shape index (κ1) is 17.0. The molecule has 27 heavy (non-hydrogen) atoms. The van der Waals surface area contributed by atoms with Crippen LogP contribution < -0.4 is 5.32 Å². The molecule has 0 aliphatic heterocycles. The first-order valence-electron chi connectivity index (χ1n) is 8.84. The van der Waals surface area contributed by atoms with Crippen LogP contribution in [0.5, 0.6) is 0 Å². The van der Waals surface area contributed by atoms with Gasteiger partial charge < -0.3 is 9.84 Å². The lowest BCUT2D eigenvalue weighted by Crippen LogP contribution is -2.01. The van der Waals surface area contributed by atoms with E-state index in [1.54, 1.807) is 6.20 Å². The summed E-state index contributed by atoms with van der Waals surface area (Å²) in [7, 11) is 0. The fraction of sp³-hybridized carbons (Fsp3) is 0.136. The quantitative estimate of drug-likeness (QED) is 0.543. The Morgan fingerprint density at radius 1 is 0.889 bits per heavy atom. The van der Waals surface area contributed by atoms with Gasteiger partial charge in [0.2, 0.25) is 5.82 Å². The highest BCUT2D eigenvalue weighted by Crippen LogP contribution is 2.23. The van der Waals surface area contributed by atoms with Crippen LogP contribution in [0.15, 0.2) is 71.4 Å². The second kappa shape index (κ2) is 7.41. The summed E-state index contributed by atoms with van der Waals surface area (Å²) < 4.78 is 5.40. The zero-order valence-electron chi connectivity index (χ0n) is 15.3. The minimum Gasteiger partial charge on any atom is -0.366 e. The van der Waals surface area contributed by atoms with E-state index < -0.39 is 0 Å². The van der Waals surface area contributed by atoms with Crippen LogP contribution in [0.2, 0.25) is 0 Å². The molecule has 0 spiro atoms. The van der Waals surface area contributed by atoms with Gasteiger partial charge in [-0.05, 0) is 37.6 Å². The van der Waals surface area contributed by atoms with Gasteiger partial charge in [-0.3, -0.25) is 0 Å². The van der Waals surface area contributed by atoms with Gasteiger partial charge in [0.05, 0.1) is 5.56 Å². The molecule has 4 aromatic rings. The molecule has 0 aliphatic rings. The first-order chi connectivity index (χ1) is 13.2. The smallest absolute Gasteiger partial charge is 0.259 e. The zero-order valence-corrected chi connectivity index (χ0v) is 15.3. The van der Waals surface area contributed by atoms with Crippen molar-refractivity contribution in [2.24, 2.45) is 0 Å². The van der Waals surface area contributed by atoms with Gasteiger partial charge in [0.1, 0.15) is 5.82 Å². The maximum absolute atomic E-state index is 5.40. The van der Waals surface area contributed by atoms with E-state index in [0.29, 0.717) is 11.7 Å². The molecule has 0 fully saturated rings. The topological polar surface area (TPSA) is 63.8 Å². The van der Waals surface area contributed by atoms with Crippen LogP contribution in [0.1, 0.15) is 16.7 Å². The van der Waals surface area contributed by atoms with Crippen molar-refractivity contribution in [3.05, 3.63) is 83.6 Å². The first-order valence-corrected chi connectivity index (χ1v) is 8.84. The van der Waals surface area contributed by atoms with Gasteiger partial charge in [0.15, 0.2) is 0 Å². The molecule has 0 amide bonds. The number of rotatable bonds is 5. The van der Waals surface area contributed by atoms with Crippen molar-refractivity contribution in [1.29, 1.82) is 0 Å². The average Bonchev–Trinajstić information content (AvgIpc) is 3.18. The Hall–Kier alpha value is -3.47. The van der Waals surface area contributed by atoms with E-state index in [1.807, 2.05) is 43.3 Å². The van der Waals surface area contributed by atoms with Gasteiger partial charge in [-0.15, -0.1) is 0 Å². The van der Waals surface area contributed by atoms with E-state index in [4.69, 9.17) is 4.52 Å². The molecule has 2 aromatic carbocycles. The average molecular weight is 356 g/mol. The monoisotopic (exact) mass is 356 g/mol. The predicted octanol–water partition coefficient (Wildman–Crippen LogP) is 5.03. The molecule has 2 heterocycles. The zero-order chi connectivity index (χ0) is 18.6. The number of aromatic nitrogens is 3. The third-order valence-corrected chi connectivity index (χ3v) is 4.31. The van der Waals surface area contributed by atoms with Gasteiger partial charge in [-0.2, -0.15) is 4.98 Å². The van der Waals surface area contributed by atoms with Crippen LogP contribution in [0.4, 0.5) is 5.82 Å². The molecule has 2 aromatic heterocycles. The van der Waals surface area contributed by atoms with Crippen molar-refractivity contribution in [2.45, 2.75) is 20.4 Å². The van der Waals surface area contributed by atoms with E-state index in [2.05, 4.69) is 51.6 Å². The fourth-order valence-electron chi connectivity index (χ4n) is 2.77. The van der Waals surface area contributed by atoms with Gasteiger partial charge in [0, 0.05) is 18.3 Å². The summed E-state index contributed by atoms with van der Waals surface area (Å²) in [6.07, 6.45) is 1.74. The summed E-state index contributed by atoms with van der Waals surface area (Å²) >= 11 is 0. The molecule has 0 radical (unpaired) electrons. The van der Waals surface area contributed by atoms with E-state index in [-0.39, 0.29) is 0 Å². The summed E-state index contributed by atoms with van der Waals surface area (Å²) in [5.41, 5.74) is 5.36. The SMILES string of the molecule is Cc1ccc(CNc2ccc(-c3nc(-c4cccc(C)c4)no3)cn2)cc1. The Bertz CT molecular complexity index is 1040. The molecule has 1 N–H and O–H groups in total. The third-order valence-electron chi connectivity index (χ3n) is 4.31. The maximum Gasteiger partial charge on any atom is 0.259 e. The van der Waals surface area contributed by atoms with E-state index in [0.717, 1.165) is 29.1 Å². The second-order valence-corrected chi connectivity index (χ2v) is 6.56. The molecule has 0 unspecified atom stereocenters. The largest absolute Gasteiger partial charge is 0.366 e. The molecule has 0 saturated heterocycles. The summed E-state index contributed by atoms with van der Waals surface area (Å²) in [6, 6.07) is 20.3. The molecule has 134 valence electrons. The Balaban J connectivity index is 1.45. The molecule has 5 nitrogen and oxygen atoms in total. The summed E-state index contributed by atoms with van der Waals surface area (Å²) in [4.78, 5) is 8.93. The van der Waals surface area contributed by atoms with Crippen molar-refractivity contribution < 1.29 is 4.52 Å². The minimum absolute atomic E-state index is 0.462. The summed E-state index contributed by atoms with van der Waals surface area (Å²) in [6.45, 7) is 4.85. The van der Waals surface area contributed by atoms with Crippen molar-refractivity contribution >= 4 is 5.82 Å². The lowest BCUT2D eigenvalue weighted by atomic mass is 10.1. The molecule has 4 rings (SSSR count). The van der Waals surface area contributed by atoms with Crippen LogP contribution in [0.3, 0.4) is 0 Å². The number of aryl methyl sites for hydroxylation is 2. The highest BCUT2D eigenvalue weighted by Gasteiger charge is 2.11. The number of benzene rings is 2. The van der Waals surface area contributed by atoms with Crippen LogP contribution in [0.25, 0.3) is 22.8 Å². The molecular weight excluding hydrogens is 336 g/mol. The Labute approximate surface area is 158 Å². The number of hydrogen-bond donors (Lipinski definition) is 1. The predicted molar refractivity (Wildman–Crippen MR) is 106 cm³/mol. The Morgan fingerprint density at radius 2 is 1.74 bits per heavy atom. The highest BCUT2D eigenvalue weighted by molar-refractivity contribution is 5.60. The van der Waals surface area contributed by atoms with E-state index in [1.165, 1.54) is 11.1 Å². The standard InChI is InChI=1S/C22H20N4O/c1-15-6-8-17(9-7-15)13-23-20-11-10-19(14-24-20)22-25-21(26-27-22)18-5-3-4-16(2)12-18/h3-12,14H,13H2,1-2H3,(H,23,24). The van der Waals surface area contributed by atoms with Crippen molar-refractivity contribution in [3.8, 4) is 22.8 Å². The number of anilines is 1. The molecule has 0 saturated carbocycles. The summed E-state index contributed by atoms with van der Waals surface area (Å²) in [5.74, 6) is 1.84. The molecule has 0 bridgehead atoms. The lowest BCUT2D eigenvalue weighted by molar-refractivity contribution is 0.432. The Kier molecular flexibility index (Phi) is 4.66. The Morgan fingerprint density at radius 3 is 2.48 bits per heavy atom. The van der Waals surface area contributed by atoms with Crippen molar-refractivity contribution in [2.75, 3.05) is 5.32 Å². The number of nitrogens with zero attached hydrogens (tertiary/aromatic N) is 3. The summed E-state index contributed by atoms with van der Waals surface area (Å²) in [5, 5.41) is 7.40. The van der Waals surface area contributed by atoms with Crippen LogP contribution in [-0.2, 0) is 6.54 Å². The maximum atomic E-state index is 5.40. The van der Waals surface area contributed by atoms with Crippen LogP contribution in [0, 0.1) is 13.8 Å². The normalized spacial score (nSPS) is 10.7. The number of pyridine rings is 1. The third kappa shape index (κ3) is 4.03. The van der Waals surface area contributed by atoms with Crippen LogP contribution >= 0.6 is 0 Å². The second-order valence-electron chi connectivity index (χ2n) is 6.56. The lowest BCUT2D eigenvalue weighted by Gasteiger charge is -2.06. The van der Waals surface area contributed by atoms with Crippen LogP contribution in [-0.4, -0.2) is 15.1 Å². The number of nitrogens with one attached hydrogen (secondary N) is 1. The van der Waals surface area contributed by atoms with Gasteiger partial charge >= 0.3 is 0 Å². The number of hydrogen-bond acceptors (Lipinski definition) is 5. The van der Waals surface area contributed by atoms with Crippen molar-refractivity contribution in [1.82, 2.24) is 15.1 Å². The van der Waals surface area contributed by atoms with E-state index >= 15 is 0 Å². The van der Waals surface area contributed by atoms with E-state index in [9.17, 15) is 0 Å².